The Bertz CT molecular complexity index is 835. The van der Waals surface area contributed by atoms with E-state index in [2.05, 4.69) is 21.9 Å². The number of benzene rings is 1. The fraction of sp³-hybridized carbons (Fsp3) is 0.412. The van der Waals surface area contributed by atoms with Gasteiger partial charge in [-0.05, 0) is 6.92 Å². The Morgan fingerprint density at radius 1 is 1.24 bits per heavy atom. The lowest BCUT2D eigenvalue weighted by atomic mass is 9.88. The van der Waals surface area contributed by atoms with Crippen molar-refractivity contribution in [1.82, 2.24) is 9.97 Å². The van der Waals surface area contributed by atoms with Crippen LogP contribution in [0.1, 0.15) is 6.92 Å². The van der Waals surface area contributed by atoms with Crippen molar-refractivity contribution in [1.29, 1.82) is 0 Å². The molecule has 4 rings (SSSR count). The number of rotatable bonds is 5. The maximum atomic E-state index is 5.60. The number of dihydropyridines is 1. The van der Waals surface area contributed by atoms with Gasteiger partial charge in [0.2, 0.25) is 6.79 Å². The summed E-state index contributed by atoms with van der Waals surface area (Å²) >= 11 is 1.63. The van der Waals surface area contributed by atoms with E-state index in [9.17, 15) is 0 Å². The van der Waals surface area contributed by atoms with E-state index in [1.807, 2.05) is 12.1 Å². The molecule has 0 saturated heterocycles. The summed E-state index contributed by atoms with van der Waals surface area (Å²) < 4.78 is 21.8. The maximum Gasteiger partial charge on any atom is 0.231 e. The van der Waals surface area contributed by atoms with Crippen LogP contribution in [0.5, 0.6) is 11.5 Å². The number of allylic oxidation sites excluding steroid dienone is 1. The smallest absolute Gasteiger partial charge is 0.231 e. The first kappa shape index (κ1) is 16.1. The minimum Gasteiger partial charge on any atom is -0.496 e. The number of ether oxygens (including phenoxy) is 4. The summed E-state index contributed by atoms with van der Waals surface area (Å²) in [5, 5.41) is 0.837. The van der Waals surface area contributed by atoms with Gasteiger partial charge in [0.1, 0.15) is 5.76 Å². The van der Waals surface area contributed by atoms with Crippen molar-refractivity contribution in [2.75, 3.05) is 33.3 Å². The van der Waals surface area contributed by atoms with Crippen molar-refractivity contribution in [3.8, 4) is 11.5 Å². The molecule has 0 saturated carbocycles. The lowest BCUT2D eigenvalue weighted by Gasteiger charge is -2.32. The number of methoxy groups -OCH3 is 2. The zero-order chi connectivity index (χ0) is 17.4. The Labute approximate surface area is 149 Å². The molecule has 0 aliphatic carbocycles. The van der Waals surface area contributed by atoms with Crippen molar-refractivity contribution in [2.45, 2.75) is 12.1 Å². The average molecular weight is 361 g/mol. The summed E-state index contributed by atoms with van der Waals surface area (Å²) in [7, 11) is 3.29. The Morgan fingerprint density at radius 3 is 2.80 bits per heavy atom. The molecule has 2 aliphatic rings. The number of hydrogen-bond acceptors (Lipinski definition) is 7. The van der Waals surface area contributed by atoms with Crippen LogP contribution in [0, 0.1) is 5.41 Å². The van der Waals surface area contributed by atoms with Crippen molar-refractivity contribution in [3.05, 3.63) is 23.7 Å². The van der Waals surface area contributed by atoms with Crippen molar-refractivity contribution >= 4 is 29.0 Å². The number of nitrogens with zero attached hydrogens (tertiary/aromatic N) is 2. The van der Waals surface area contributed by atoms with Gasteiger partial charge in [-0.1, -0.05) is 11.8 Å². The minimum atomic E-state index is -0.257. The van der Waals surface area contributed by atoms with Gasteiger partial charge in [-0.15, -0.1) is 0 Å². The van der Waals surface area contributed by atoms with E-state index in [1.54, 1.807) is 32.2 Å². The highest BCUT2D eigenvalue weighted by atomic mass is 32.2. The maximum absolute atomic E-state index is 5.60. The van der Waals surface area contributed by atoms with E-state index >= 15 is 0 Å². The normalized spacial score (nSPS) is 21.9. The third kappa shape index (κ3) is 2.80. The predicted octanol–water partition coefficient (Wildman–Crippen LogP) is 2.98. The molecule has 0 bridgehead atoms. The SMILES string of the molecule is COC1=C(OC)C(C)(CSc2nc3cc4c(cc3[nH]2)OCO4)CN=C1. The second-order valence-corrected chi connectivity index (χ2v) is 7.15. The van der Waals surface area contributed by atoms with Gasteiger partial charge >= 0.3 is 0 Å². The van der Waals surface area contributed by atoms with Crippen LogP contribution in [0.25, 0.3) is 11.0 Å². The predicted molar refractivity (Wildman–Crippen MR) is 95.5 cm³/mol. The first-order valence-electron chi connectivity index (χ1n) is 7.88. The number of H-pyrrole nitrogens is 1. The largest absolute Gasteiger partial charge is 0.496 e. The summed E-state index contributed by atoms with van der Waals surface area (Å²) in [6.45, 7) is 3.02. The van der Waals surface area contributed by atoms with Crippen LogP contribution in [-0.4, -0.2) is 49.5 Å². The van der Waals surface area contributed by atoms with Gasteiger partial charge in [0.25, 0.3) is 0 Å². The highest BCUT2D eigenvalue weighted by Gasteiger charge is 2.36. The molecule has 1 N–H and O–H groups in total. The molecule has 1 unspecified atom stereocenters. The molecule has 0 spiro atoms. The highest BCUT2D eigenvalue weighted by molar-refractivity contribution is 7.99. The van der Waals surface area contributed by atoms with E-state index in [0.29, 0.717) is 12.3 Å². The molecule has 0 radical (unpaired) electrons. The van der Waals surface area contributed by atoms with Gasteiger partial charge in [-0.25, -0.2) is 4.98 Å². The number of imidazole rings is 1. The van der Waals surface area contributed by atoms with Gasteiger partial charge in [0.15, 0.2) is 22.4 Å². The fourth-order valence-corrected chi connectivity index (χ4v) is 4.06. The van der Waals surface area contributed by atoms with Crippen LogP contribution in [-0.2, 0) is 9.47 Å². The average Bonchev–Trinajstić information content (AvgIpc) is 3.22. The number of fused-ring (bicyclic) bond motifs is 2. The van der Waals surface area contributed by atoms with Crippen LogP contribution >= 0.6 is 11.8 Å². The molecule has 1 atom stereocenters. The molecular formula is C17H19N3O4S. The molecule has 0 fully saturated rings. The second kappa shape index (κ2) is 6.18. The minimum absolute atomic E-state index is 0.257. The number of hydrogen-bond donors (Lipinski definition) is 1. The Hall–Kier alpha value is -2.35. The molecule has 2 aliphatic heterocycles. The third-order valence-electron chi connectivity index (χ3n) is 4.33. The Balaban J connectivity index is 1.56. The molecule has 25 heavy (non-hydrogen) atoms. The summed E-state index contributed by atoms with van der Waals surface area (Å²) in [5.74, 6) is 3.73. The molecule has 7 nitrogen and oxygen atoms in total. The van der Waals surface area contributed by atoms with Crippen molar-refractivity contribution in [3.63, 3.8) is 0 Å². The summed E-state index contributed by atoms with van der Waals surface area (Å²) in [5.41, 5.74) is 1.53. The summed E-state index contributed by atoms with van der Waals surface area (Å²) in [6.07, 6.45) is 1.72. The zero-order valence-corrected chi connectivity index (χ0v) is 15.1. The van der Waals surface area contributed by atoms with Gasteiger partial charge in [-0.2, -0.15) is 0 Å². The molecule has 2 aromatic rings. The number of aliphatic imine (C=N–C) groups is 1. The highest BCUT2D eigenvalue weighted by Crippen LogP contribution is 2.39. The number of thioether (sulfide) groups is 1. The van der Waals surface area contributed by atoms with Crippen LogP contribution < -0.4 is 9.47 Å². The monoisotopic (exact) mass is 361 g/mol. The standard InChI is InChI=1S/C17H19N3O4S/c1-17(7-18-6-14(21-2)15(17)22-3)8-25-16-19-10-4-12-13(24-9-23-12)5-11(10)20-16/h4-6H,7-9H2,1-3H3,(H,19,20). The topological polar surface area (TPSA) is 78.0 Å². The number of aromatic amines is 1. The summed E-state index contributed by atoms with van der Waals surface area (Å²) in [6, 6.07) is 3.82. The molecule has 1 aromatic heterocycles. The molecule has 132 valence electrons. The van der Waals surface area contributed by atoms with Crippen LogP contribution in [0.3, 0.4) is 0 Å². The van der Waals surface area contributed by atoms with Gasteiger partial charge in [0, 0.05) is 17.9 Å². The van der Waals surface area contributed by atoms with Crippen molar-refractivity contribution < 1.29 is 18.9 Å². The van der Waals surface area contributed by atoms with E-state index in [1.165, 1.54) is 0 Å². The third-order valence-corrected chi connectivity index (χ3v) is 5.58. The molecule has 8 heteroatoms. The van der Waals surface area contributed by atoms with Gasteiger partial charge < -0.3 is 23.9 Å². The zero-order valence-electron chi connectivity index (χ0n) is 14.3. The van der Waals surface area contributed by atoms with E-state index in [4.69, 9.17) is 18.9 Å². The molecular weight excluding hydrogens is 342 g/mol. The second-order valence-electron chi connectivity index (χ2n) is 6.19. The lowest BCUT2D eigenvalue weighted by Crippen LogP contribution is -2.31. The van der Waals surface area contributed by atoms with Crippen LogP contribution in [0.15, 0.2) is 33.8 Å². The number of aromatic nitrogens is 2. The van der Waals surface area contributed by atoms with Gasteiger partial charge in [-0.3, -0.25) is 4.99 Å². The van der Waals surface area contributed by atoms with Crippen LogP contribution in [0.4, 0.5) is 0 Å². The number of nitrogens with one attached hydrogen (secondary N) is 1. The molecule has 3 heterocycles. The lowest BCUT2D eigenvalue weighted by molar-refractivity contribution is 0.165. The first-order chi connectivity index (χ1) is 12.1. The molecule has 1 aromatic carbocycles. The van der Waals surface area contributed by atoms with Crippen molar-refractivity contribution in [2.24, 2.45) is 10.4 Å². The van der Waals surface area contributed by atoms with Gasteiger partial charge in [0.05, 0.1) is 43.4 Å². The Kier molecular flexibility index (Phi) is 3.99. The molecule has 0 amide bonds. The van der Waals surface area contributed by atoms with E-state index in [0.717, 1.165) is 39.2 Å². The summed E-state index contributed by atoms with van der Waals surface area (Å²) in [4.78, 5) is 12.4. The van der Waals surface area contributed by atoms with E-state index < -0.39 is 0 Å². The van der Waals surface area contributed by atoms with Crippen LogP contribution in [0.2, 0.25) is 0 Å². The Morgan fingerprint density at radius 2 is 2.04 bits per heavy atom. The first-order valence-corrected chi connectivity index (χ1v) is 8.86. The van der Waals surface area contributed by atoms with E-state index in [-0.39, 0.29) is 12.2 Å². The fourth-order valence-electron chi connectivity index (χ4n) is 3.03. The quantitative estimate of drug-likeness (QED) is 0.825.